The Morgan fingerprint density at radius 3 is 2.94 bits per heavy atom. The van der Waals surface area contributed by atoms with E-state index >= 15 is 0 Å². The Kier molecular flexibility index (Phi) is 3.69. The third kappa shape index (κ3) is 2.79. The summed E-state index contributed by atoms with van der Waals surface area (Å²) in [6.07, 6.45) is 0. The quantitative estimate of drug-likeness (QED) is 0.830. The molecule has 1 atom stereocenters. The van der Waals surface area contributed by atoms with Crippen molar-refractivity contribution < 1.29 is 4.79 Å². The van der Waals surface area contributed by atoms with Crippen LogP contribution in [0, 0.1) is 6.92 Å². The van der Waals surface area contributed by atoms with Crippen LogP contribution in [0.2, 0.25) is 5.02 Å². The molecule has 0 bridgehead atoms. The number of carbonyl (C=O) groups excluding carboxylic acids is 1. The highest BCUT2D eigenvalue weighted by Gasteiger charge is 2.22. The van der Waals surface area contributed by atoms with Gasteiger partial charge in [0, 0.05) is 36.3 Å². The molecular weight excluding hydrogens is 236 g/mol. The van der Waals surface area contributed by atoms with Crippen molar-refractivity contribution in [1.29, 1.82) is 0 Å². The van der Waals surface area contributed by atoms with Crippen LogP contribution >= 0.6 is 11.6 Å². The Labute approximate surface area is 107 Å². The lowest BCUT2D eigenvalue weighted by Crippen LogP contribution is -2.51. The minimum absolute atomic E-state index is 0.104. The van der Waals surface area contributed by atoms with Crippen LogP contribution in [0.4, 0.5) is 0 Å². The average molecular weight is 253 g/mol. The van der Waals surface area contributed by atoms with E-state index in [4.69, 9.17) is 11.6 Å². The van der Waals surface area contributed by atoms with Crippen LogP contribution in [0.3, 0.4) is 0 Å². The number of benzene rings is 1. The van der Waals surface area contributed by atoms with Crippen LogP contribution in [0.5, 0.6) is 0 Å². The zero-order valence-electron chi connectivity index (χ0n) is 10.2. The number of piperazine rings is 1. The lowest BCUT2D eigenvalue weighted by molar-refractivity contribution is 0.0708. The van der Waals surface area contributed by atoms with E-state index in [1.54, 1.807) is 6.07 Å². The monoisotopic (exact) mass is 252 g/mol. The first kappa shape index (κ1) is 12.4. The number of amides is 1. The summed E-state index contributed by atoms with van der Waals surface area (Å²) in [7, 11) is 0. The topological polar surface area (TPSA) is 32.3 Å². The Morgan fingerprint density at radius 1 is 1.53 bits per heavy atom. The lowest BCUT2D eigenvalue weighted by atomic mass is 10.1. The third-order valence-corrected chi connectivity index (χ3v) is 3.31. The van der Waals surface area contributed by atoms with E-state index < -0.39 is 0 Å². The van der Waals surface area contributed by atoms with Crippen molar-refractivity contribution in [2.75, 3.05) is 19.6 Å². The molecule has 0 aromatic heterocycles. The zero-order chi connectivity index (χ0) is 12.4. The molecule has 1 aliphatic rings. The number of nitrogens with zero attached hydrogens (tertiary/aromatic N) is 1. The molecule has 0 spiro atoms. The largest absolute Gasteiger partial charge is 0.336 e. The van der Waals surface area contributed by atoms with Gasteiger partial charge >= 0.3 is 0 Å². The van der Waals surface area contributed by atoms with Crippen LogP contribution < -0.4 is 5.32 Å². The van der Waals surface area contributed by atoms with Crippen molar-refractivity contribution in [2.24, 2.45) is 0 Å². The zero-order valence-corrected chi connectivity index (χ0v) is 10.9. The summed E-state index contributed by atoms with van der Waals surface area (Å²) in [5.74, 6) is 0.104. The van der Waals surface area contributed by atoms with Gasteiger partial charge in [-0.25, -0.2) is 0 Å². The number of hydrogen-bond acceptors (Lipinski definition) is 2. The number of halogens is 1. The standard InChI is InChI=1S/C13H17ClN2O/c1-9-7-11(14)3-4-12(9)13(17)16-6-5-15-10(2)8-16/h3-4,7,10,15H,5-6,8H2,1-2H3/t10-/m1/s1. The number of aryl methyl sites for hydroxylation is 1. The molecule has 4 heteroatoms. The second-order valence-corrected chi connectivity index (χ2v) is 5.00. The molecular formula is C13H17ClN2O. The molecule has 0 unspecified atom stereocenters. The molecule has 0 saturated carbocycles. The molecule has 1 aromatic carbocycles. The molecule has 0 radical (unpaired) electrons. The van der Waals surface area contributed by atoms with E-state index in [2.05, 4.69) is 12.2 Å². The molecule has 17 heavy (non-hydrogen) atoms. The molecule has 0 aliphatic carbocycles. The van der Waals surface area contributed by atoms with E-state index in [1.165, 1.54) is 0 Å². The van der Waals surface area contributed by atoms with Crippen LogP contribution in [-0.4, -0.2) is 36.5 Å². The predicted molar refractivity (Wildman–Crippen MR) is 69.6 cm³/mol. The number of rotatable bonds is 1. The molecule has 92 valence electrons. The van der Waals surface area contributed by atoms with Gasteiger partial charge in [-0.05, 0) is 37.6 Å². The van der Waals surface area contributed by atoms with Gasteiger partial charge in [0.15, 0.2) is 0 Å². The van der Waals surface area contributed by atoms with Crippen LogP contribution in [0.1, 0.15) is 22.8 Å². The van der Waals surface area contributed by atoms with Gasteiger partial charge < -0.3 is 10.2 Å². The highest BCUT2D eigenvalue weighted by atomic mass is 35.5. The fourth-order valence-electron chi connectivity index (χ4n) is 2.15. The van der Waals surface area contributed by atoms with Crippen LogP contribution in [0.15, 0.2) is 18.2 Å². The summed E-state index contributed by atoms with van der Waals surface area (Å²) in [5, 5.41) is 4.00. The Balaban J connectivity index is 2.18. The van der Waals surface area contributed by atoms with E-state index in [1.807, 2.05) is 24.0 Å². The Morgan fingerprint density at radius 2 is 2.29 bits per heavy atom. The second-order valence-electron chi connectivity index (χ2n) is 4.57. The van der Waals surface area contributed by atoms with Crippen molar-refractivity contribution >= 4 is 17.5 Å². The molecule has 1 saturated heterocycles. The molecule has 2 rings (SSSR count). The first-order valence-electron chi connectivity index (χ1n) is 5.87. The van der Waals surface area contributed by atoms with Crippen molar-refractivity contribution in [1.82, 2.24) is 10.2 Å². The molecule has 1 heterocycles. The molecule has 1 N–H and O–H groups in total. The van der Waals surface area contributed by atoms with Crippen LogP contribution in [-0.2, 0) is 0 Å². The highest BCUT2D eigenvalue weighted by molar-refractivity contribution is 6.30. The van der Waals surface area contributed by atoms with Gasteiger partial charge in [-0.3, -0.25) is 4.79 Å². The smallest absolute Gasteiger partial charge is 0.254 e. The van der Waals surface area contributed by atoms with E-state index in [-0.39, 0.29) is 5.91 Å². The van der Waals surface area contributed by atoms with Gasteiger partial charge in [-0.15, -0.1) is 0 Å². The van der Waals surface area contributed by atoms with Gasteiger partial charge in [-0.2, -0.15) is 0 Å². The van der Waals surface area contributed by atoms with E-state index in [9.17, 15) is 4.79 Å². The number of hydrogen-bond donors (Lipinski definition) is 1. The first-order valence-corrected chi connectivity index (χ1v) is 6.24. The SMILES string of the molecule is Cc1cc(Cl)ccc1C(=O)N1CCN[C@H](C)C1. The lowest BCUT2D eigenvalue weighted by Gasteiger charge is -2.32. The summed E-state index contributed by atoms with van der Waals surface area (Å²) in [5.41, 5.74) is 1.69. The summed E-state index contributed by atoms with van der Waals surface area (Å²) < 4.78 is 0. The average Bonchev–Trinajstić information content (AvgIpc) is 2.28. The van der Waals surface area contributed by atoms with Gasteiger partial charge in [0.1, 0.15) is 0 Å². The van der Waals surface area contributed by atoms with Gasteiger partial charge in [-0.1, -0.05) is 11.6 Å². The summed E-state index contributed by atoms with van der Waals surface area (Å²) >= 11 is 5.90. The number of nitrogens with one attached hydrogen (secondary N) is 1. The minimum atomic E-state index is 0.104. The molecule has 1 amide bonds. The summed E-state index contributed by atoms with van der Waals surface area (Å²) in [6, 6.07) is 5.78. The van der Waals surface area contributed by atoms with E-state index in [0.717, 1.165) is 30.8 Å². The number of carbonyl (C=O) groups is 1. The van der Waals surface area contributed by atoms with Gasteiger partial charge in [0.25, 0.3) is 5.91 Å². The maximum Gasteiger partial charge on any atom is 0.254 e. The summed E-state index contributed by atoms with van der Waals surface area (Å²) in [4.78, 5) is 14.2. The third-order valence-electron chi connectivity index (χ3n) is 3.07. The van der Waals surface area contributed by atoms with Gasteiger partial charge in [0.2, 0.25) is 0 Å². The maximum absolute atomic E-state index is 12.3. The normalized spacial score (nSPS) is 20.4. The maximum atomic E-state index is 12.3. The fraction of sp³-hybridized carbons (Fsp3) is 0.462. The van der Waals surface area contributed by atoms with Crippen molar-refractivity contribution in [3.05, 3.63) is 34.3 Å². The van der Waals surface area contributed by atoms with Crippen molar-refractivity contribution in [3.8, 4) is 0 Å². The first-order chi connectivity index (χ1) is 8.08. The van der Waals surface area contributed by atoms with Crippen LogP contribution in [0.25, 0.3) is 0 Å². The summed E-state index contributed by atoms with van der Waals surface area (Å²) in [6.45, 7) is 6.41. The minimum Gasteiger partial charge on any atom is -0.336 e. The van der Waals surface area contributed by atoms with Crippen molar-refractivity contribution in [3.63, 3.8) is 0 Å². The molecule has 1 fully saturated rings. The predicted octanol–water partition coefficient (Wildman–Crippen LogP) is 2.08. The Bertz CT molecular complexity index is 433. The van der Waals surface area contributed by atoms with E-state index in [0.29, 0.717) is 11.1 Å². The van der Waals surface area contributed by atoms with Gasteiger partial charge in [0.05, 0.1) is 0 Å². The highest BCUT2D eigenvalue weighted by Crippen LogP contribution is 2.17. The molecule has 3 nitrogen and oxygen atoms in total. The second kappa shape index (κ2) is 5.07. The Hall–Kier alpha value is -1.06. The molecule has 1 aromatic rings. The molecule has 1 aliphatic heterocycles. The van der Waals surface area contributed by atoms with Crippen molar-refractivity contribution in [2.45, 2.75) is 19.9 Å². The fourth-order valence-corrected chi connectivity index (χ4v) is 2.38.